The first-order chi connectivity index (χ1) is 8.28. The van der Waals surface area contributed by atoms with Crippen molar-refractivity contribution < 1.29 is 9.53 Å². The number of nitrogens with zero attached hydrogens (tertiary/aromatic N) is 1. The number of ether oxygens (including phenoxy) is 1. The second-order valence-electron chi connectivity index (χ2n) is 4.11. The van der Waals surface area contributed by atoms with Crippen LogP contribution in [-0.4, -0.2) is 18.0 Å². The highest BCUT2D eigenvalue weighted by Crippen LogP contribution is 2.21. The Labute approximate surface area is 101 Å². The van der Waals surface area contributed by atoms with Crippen LogP contribution in [0.1, 0.15) is 19.3 Å². The highest BCUT2D eigenvalue weighted by molar-refractivity contribution is 5.90. The first-order valence-electron chi connectivity index (χ1n) is 5.74. The van der Waals surface area contributed by atoms with Crippen LogP contribution in [0.25, 0.3) is 0 Å². The average Bonchev–Trinajstić information content (AvgIpc) is 2.82. The van der Waals surface area contributed by atoms with Gasteiger partial charge < -0.3 is 10.1 Å². The fraction of sp³-hybridized carbons (Fsp3) is 0.385. The van der Waals surface area contributed by atoms with Crippen molar-refractivity contribution in [3.63, 3.8) is 0 Å². The van der Waals surface area contributed by atoms with Crippen LogP contribution in [0.3, 0.4) is 0 Å². The molecule has 1 atom stereocenters. The average molecular weight is 232 g/mol. The van der Waals surface area contributed by atoms with E-state index in [-0.39, 0.29) is 5.91 Å². The lowest BCUT2D eigenvalue weighted by Gasteiger charge is -2.08. The lowest BCUT2D eigenvalue weighted by atomic mass is 10.1. The van der Waals surface area contributed by atoms with Crippen molar-refractivity contribution in [1.29, 1.82) is 0 Å². The lowest BCUT2D eigenvalue weighted by molar-refractivity contribution is -0.116. The third-order valence-corrected chi connectivity index (χ3v) is 2.79. The van der Waals surface area contributed by atoms with Crippen molar-refractivity contribution in [3.05, 3.63) is 30.5 Å². The highest BCUT2D eigenvalue weighted by atomic mass is 16.5. The molecule has 1 aromatic rings. The normalized spacial score (nSPS) is 18.1. The van der Waals surface area contributed by atoms with Crippen LogP contribution >= 0.6 is 0 Å². The first-order valence-corrected chi connectivity index (χ1v) is 5.74. The minimum atomic E-state index is 0.0357. The van der Waals surface area contributed by atoms with Crippen molar-refractivity contribution in [3.8, 4) is 5.88 Å². The van der Waals surface area contributed by atoms with Crippen LogP contribution in [0.5, 0.6) is 5.88 Å². The molecule has 1 aliphatic rings. The number of carbonyl (C=O) groups excluding carboxylic acids is 1. The molecule has 1 aromatic heterocycles. The minimum absolute atomic E-state index is 0.0357. The molecule has 0 spiro atoms. The summed E-state index contributed by atoms with van der Waals surface area (Å²) < 4.78 is 4.95. The maximum absolute atomic E-state index is 11.7. The van der Waals surface area contributed by atoms with Gasteiger partial charge in [-0.25, -0.2) is 4.98 Å². The quantitative estimate of drug-likeness (QED) is 0.811. The molecular formula is C13H16N2O2. The summed E-state index contributed by atoms with van der Waals surface area (Å²) in [6.07, 6.45) is 8.55. The number of pyridine rings is 1. The number of anilines is 1. The van der Waals surface area contributed by atoms with Gasteiger partial charge in [-0.3, -0.25) is 4.79 Å². The Morgan fingerprint density at radius 2 is 2.47 bits per heavy atom. The van der Waals surface area contributed by atoms with E-state index in [0.717, 1.165) is 12.8 Å². The Kier molecular flexibility index (Phi) is 3.75. The summed E-state index contributed by atoms with van der Waals surface area (Å²) in [5.74, 6) is 0.969. The number of methoxy groups -OCH3 is 1. The fourth-order valence-electron chi connectivity index (χ4n) is 1.89. The number of allylic oxidation sites excluding steroid dienone is 2. The molecule has 1 aliphatic carbocycles. The summed E-state index contributed by atoms with van der Waals surface area (Å²) in [4.78, 5) is 15.7. The SMILES string of the molecule is COc1ccc(NC(=O)CC2C=CCC2)cn1. The zero-order valence-electron chi connectivity index (χ0n) is 9.85. The van der Waals surface area contributed by atoms with Gasteiger partial charge in [0.15, 0.2) is 0 Å². The van der Waals surface area contributed by atoms with Gasteiger partial charge in [-0.1, -0.05) is 12.2 Å². The lowest BCUT2D eigenvalue weighted by Crippen LogP contribution is -2.14. The molecule has 0 aromatic carbocycles. The highest BCUT2D eigenvalue weighted by Gasteiger charge is 2.13. The standard InChI is InChI=1S/C13H16N2O2/c1-17-13-7-6-11(9-14-13)15-12(16)8-10-4-2-3-5-10/h2,4,6-7,9-10H,3,5,8H2,1H3,(H,15,16). The predicted octanol–water partition coefficient (Wildman–Crippen LogP) is 2.39. The molecule has 2 rings (SSSR count). The zero-order chi connectivity index (χ0) is 12.1. The second kappa shape index (κ2) is 5.48. The number of hydrogen-bond acceptors (Lipinski definition) is 3. The molecule has 0 aliphatic heterocycles. The third-order valence-electron chi connectivity index (χ3n) is 2.79. The molecule has 4 nitrogen and oxygen atoms in total. The molecule has 0 saturated heterocycles. The third kappa shape index (κ3) is 3.31. The molecule has 0 bridgehead atoms. The van der Waals surface area contributed by atoms with E-state index in [0.29, 0.717) is 23.9 Å². The topological polar surface area (TPSA) is 51.2 Å². The Balaban J connectivity index is 1.86. The smallest absolute Gasteiger partial charge is 0.225 e. The van der Waals surface area contributed by atoms with E-state index >= 15 is 0 Å². The van der Waals surface area contributed by atoms with E-state index < -0.39 is 0 Å². The van der Waals surface area contributed by atoms with Crippen LogP contribution in [0.15, 0.2) is 30.5 Å². The van der Waals surface area contributed by atoms with E-state index in [1.54, 1.807) is 25.4 Å². The number of nitrogens with one attached hydrogen (secondary N) is 1. The van der Waals surface area contributed by atoms with E-state index in [2.05, 4.69) is 22.5 Å². The van der Waals surface area contributed by atoms with Gasteiger partial charge in [0.2, 0.25) is 11.8 Å². The summed E-state index contributed by atoms with van der Waals surface area (Å²) >= 11 is 0. The van der Waals surface area contributed by atoms with E-state index in [1.165, 1.54) is 0 Å². The molecule has 1 unspecified atom stereocenters. The Hall–Kier alpha value is -1.84. The molecule has 17 heavy (non-hydrogen) atoms. The molecule has 0 radical (unpaired) electrons. The second-order valence-corrected chi connectivity index (χ2v) is 4.11. The van der Waals surface area contributed by atoms with Crippen molar-refractivity contribution in [2.24, 2.45) is 5.92 Å². The van der Waals surface area contributed by atoms with Gasteiger partial charge in [0.1, 0.15) is 0 Å². The molecular weight excluding hydrogens is 216 g/mol. The summed E-state index contributed by atoms with van der Waals surface area (Å²) in [5.41, 5.74) is 0.706. The van der Waals surface area contributed by atoms with E-state index in [9.17, 15) is 4.79 Å². The van der Waals surface area contributed by atoms with Crippen LogP contribution in [0, 0.1) is 5.92 Å². The van der Waals surface area contributed by atoms with Gasteiger partial charge in [0.05, 0.1) is 19.0 Å². The van der Waals surface area contributed by atoms with Crippen LogP contribution in [0.4, 0.5) is 5.69 Å². The maximum Gasteiger partial charge on any atom is 0.225 e. The Morgan fingerprint density at radius 1 is 1.59 bits per heavy atom. The van der Waals surface area contributed by atoms with Crippen molar-refractivity contribution in [2.45, 2.75) is 19.3 Å². The number of carbonyl (C=O) groups is 1. The van der Waals surface area contributed by atoms with Crippen LogP contribution in [-0.2, 0) is 4.79 Å². The Morgan fingerprint density at radius 3 is 3.06 bits per heavy atom. The van der Waals surface area contributed by atoms with E-state index in [4.69, 9.17) is 4.74 Å². The molecule has 4 heteroatoms. The molecule has 1 amide bonds. The minimum Gasteiger partial charge on any atom is -0.481 e. The first kappa shape index (κ1) is 11.6. The molecule has 0 fully saturated rings. The number of rotatable bonds is 4. The summed E-state index contributed by atoms with van der Waals surface area (Å²) in [5, 5.41) is 2.83. The maximum atomic E-state index is 11.7. The Bertz CT molecular complexity index is 412. The summed E-state index contributed by atoms with van der Waals surface area (Å²) in [6, 6.07) is 3.51. The number of aromatic nitrogens is 1. The molecule has 90 valence electrons. The van der Waals surface area contributed by atoms with Crippen LogP contribution in [0.2, 0.25) is 0 Å². The molecule has 1 heterocycles. The van der Waals surface area contributed by atoms with Gasteiger partial charge in [0.25, 0.3) is 0 Å². The van der Waals surface area contributed by atoms with Gasteiger partial charge in [-0.05, 0) is 24.8 Å². The van der Waals surface area contributed by atoms with Crippen molar-refractivity contribution in [1.82, 2.24) is 4.98 Å². The zero-order valence-corrected chi connectivity index (χ0v) is 9.85. The van der Waals surface area contributed by atoms with E-state index in [1.807, 2.05) is 0 Å². The van der Waals surface area contributed by atoms with Gasteiger partial charge >= 0.3 is 0 Å². The molecule has 0 saturated carbocycles. The van der Waals surface area contributed by atoms with Gasteiger partial charge in [0, 0.05) is 12.5 Å². The van der Waals surface area contributed by atoms with Crippen molar-refractivity contribution >= 4 is 11.6 Å². The monoisotopic (exact) mass is 232 g/mol. The van der Waals surface area contributed by atoms with Crippen molar-refractivity contribution in [2.75, 3.05) is 12.4 Å². The number of amides is 1. The molecule has 1 N–H and O–H groups in total. The largest absolute Gasteiger partial charge is 0.481 e. The summed E-state index contributed by atoms with van der Waals surface area (Å²) in [6.45, 7) is 0. The van der Waals surface area contributed by atoms with Gasteiger partial charge in [-0.2, -0.15) is 0 Å². The number of hydrogen-bond donors (Lipinski definition) is 1. The van der Waals surface area contributed by atoms with Crippen LogP contribution < -0.4 is 10.1 Å². The fourth-order valence-corrected chi connectivity index (χ4v) is 1.89. The van der Waals surface area contributed by atoms with Gasteiger partial charge in [-0.15, -0.1) is 0 Å². The predicted molar refractivity (Wildman–Crippen MR) is 65.9 cm³/mol. The summed E-state index contributed by atoms with van der Waals surface area (Å²) in [7, 11) is 1.56.